The Kier molecular flexibility index (Phi) is 4.81. The van der Waals surface area contributed by atoms with Crippen LogP contribution in [0.5, 0.6) is 0 Å². The normalized spacial score (nSPS) is 16.4. The molecule has 1 aliphatic carbocycles. The predicted octanol–water partition coefficient (Wildman–Crippen LogP) is 1.90. The first-order valence-corrected chi connectivity index (χ1v) is 7.36. The van der Waals surface area contributed by atoms with Crippen molar-refractivity contribution in [2.45, 2.75) is 44.6 Å². The number of rotatable bonds is 4. The minimum absolute atomic E-state index is 0.0647. The van der Waals surface area contributed by atoms with Gasteiger partial charge in [-0.3, -0.25) is 0 Å². The lowest BCUT2D eigenvalue weighted by atomic mass is 9.96. The zero-order valence-electron chi connectivity index (χ0n) is 10.4. The van der Waals surface area contributed by atoms with Gasteiger partial charge in [-0.2, -0.15) is 0 Å². The molecule has 0 atom stereocenters. The summed E-state index contributed by atoms with van der Waals surface area (Å²) in [6, 6.07) is 0.291. The van der Waals surface area contributed by atoms with Crippen LogP contribution in [0, 0.1) is 0 Å². The van der Waals surface area contributed by atoms with E-state index in [0.29, 0.717) is 17.7 Å². The molecule has 2 amide bonds. The lowest BCUT2D eigenvalue weighted by Crippen LogP contribution is -2.43. The molecule has 0 saturated heterocycles. The standard InChI is InChI=1S/C12H20N4OS/c13-11-15-10(8-18-11)6-7-14-12(17)16-9-4-2-1-3-5-9/h8-9H,1-7H2,(H2,13,15)(H2,14,16,17). The third-order valence-corrected chi connectivity index (χ3v) is 3.90. The average molecular weight is 268 g/mol. The van der Waals surface area contributed by atoms with Gasteiger partial charge in [0.25, 0.3) is 0 Å². The molecule has 100 valence electrons. The number of hydrogen-bond donors (Lipinski definition) is 3. The summed E-state index contributed by atoms with van der Waals surface area (Å²) >= 11 is 1.43. The van der Waals surface area contributed by atoms with E-state index in [-0.39, 0.29) is 6.03 Å². The molecule has 18 heavy (non-hydrogen) atoms. The molecule has 1 saturated carbocycles. The van der Waals surface area contributed by atoms with Gasteiger partial charge in [-0.05, 0) is 12.8 Å². The number of amides is 2. The van der Waals surface area contributed by atoms with E-state index in [4.69, 9.17) is 5.73 Å². The number of nitrogens with one attached hydrogen (secondary N) is 2. The minimum Gasteiger partial charge on any atom is -0.375 e. The molecular formula is C12H20N4OS. The molecule has 0 radical (unpaired) electrons. The highest BCUT2D eigenvalue weighted by atomic mass is 32.1. The van der Waals surface area contributed by atoms with Crippen LogP contribution in [0.25, 0.3) is 0 Å². The van der Waals surface area contributed by atoms with E-state index in [2.05, 4.69) is 15.6 Å². The van der Waals surface area contributed by atoms with Gasteiger partial charge in [0.15, 0.2) is 5.13 Å². The second-order valence-corrected chi connectivity index (χ2v) is 5.55. The molecule has 2 rings (SSSR count). The molecule has 1 aromatic heterocycles. The quantitative estimate of drug-likeness (QED) is 0.780. The molecule has 5 nitrogen and oxygen atoms in total. The van der Waals surface area contributed by atoms with Gasteiger partial charge >= 0.3 is 6.03 Å². The van der Waals surface area contributed by atoms with Crippen molar-refractivity contribution in [1.29, 1.82) is 0 Å². The van der Waals surface area contributed by atoms with Crippen molar-refractivity contribution in [3.05, 3.63) is 11.1 Å². The third-order valence-electron chi connectivity index (χ3n) is 3.18. The van der Waals surface area contributed by atoms with Crippen molar-refractivity contribution >= 4 is 22.5 Å². The smallest absolute Gasteiger partial charge is 0.315 e. The van der Waals surface area contributed by atoms with Crippen LogP contribution in [-0.2, 0) is 6.42 Å². The Bertz CT molecular complexity index is 387. The van der Waals surface area contributed by atoms with Gasteiger partial charge in [-0.25, -0.2) is 9.78 Å². The van der Waals surface area contributed by atoms with E-state index in [0.717, 1.165) is 25.0 Å². The SMILES string of the molecule is Nc1nc(CCNC(=O)NC2CCCCC2)cs1. The molecule has 4 N–H and O–H groups in total. The van der Waals surface area contributed by atoms with Gasteiger partial charge in [0.1, 0.15) is 0 Å². The van der Waals surface area contributed by atoms with Gasteiger partial charge in [-0.1, -0.05) is 19.3 Å². The van der Waals surface area contributed by atoms with E-state index < -0.39 is 0 Å². The number of carbonyl (C=O) groups excluding carboxylic acids is 1. The Morgan fingerprint density at radius 2 is 2.22 bits per heavy atom. The van der Waals surface area contributed by atoms with Crippen molar-refractivity contribution in [2.24, 2.45) is 0 Å². The highest BCUT2D eigenvalue weighted by molar-refractivity contribution is 7.13. The van der Waals surface area contributed by atoms with Gasteiger partial charge in [0.2, 0.25) is 0 Å². The second kappa shape index (κ2) is 6.58. The van der Waals surface area contributed by atoms with Crippen molar-refractivity contribution in [3.63, 3.8) is 0 Å². The Morgan fingerprint density at radius 1 is 1.44 bits per heavy atom. The van der Waals surface area contributed by atoms with E-state index in [1.165, 1.54) is 30.6 Å². The maximum Gasteiger partial charge on any atom is 0.315 e. The number of carbonyl (C=O) groups is 1. The maximum atomic E-state index is 11.6. The van der Waals surface area contributed by atoms with Crippen molar-refractivity contribution < 1.29 is 4.79 Å². The number of nitrogens with two attached hydrogens (primary N) is 1. The van der Waals surface area contributed by atoms with Crippen LogP contribution in [0.3, 0.4) is 0 Å². The summed E-state index contributed by atoms with van der Waals surface area (Å²) in [4.78, 5) is 15.8. The monoisotopic (exact) mass is 268 g/mol. The summed E-state index contributed by atoms with van der Waals surface area (Å²) in [6.45, 7) is 0.599. The molecule has 0 aliphatic heterocycles. The predicted molar refractivity (Wildman–Crippen MR) is 73.6 cm³/mol. The summed E-state index contributed by atoms with van der Waals surface area (Å²) in [6.07, 6.45) is 6.69. The molecule has 0 aromatic carbocycles. The van der Waals surface area contributed by atoms with Crippen LogP contribution in [0.15, 0.2) is 5.38 Å². The topological polar surface area (TPSA) is 80.0 Å². The number of hydrogen-bond acceptors (Lipinski definition) is 4. The zero-order chi connectivity index (χ0) is 12.8. The molecule has 1 aromatic rings. The van der Waals surface area contributed by atoms with Crippen LogP contribution < -0.4 is 16.4 Å². The van der Waals surface area contributed by atoms with Crippen molar-refractivity contribution in [2.75, 3.05) is 12.3 Å². The number of thiazole rings is 1. The van der Waals surface area contributed by atoms with Crippen LogP contribution >= 0.6 is 11.3 Å². The largest absolute Gasteiger partial charge is 0.375 e. The number of aromatic nitrogens is 1. The number of anilines is 1. The Morgan fingerprint density at radius 3 is 2.89 bits per heavy atom. The molecule has 1 aliphatic rings. The summed E-state index contributed by atoms with van der Waals surface area (Å²) in [7, 11) is 0. The first-order chi connectivity index (χ1) is 8.74. The summed E-state index contributed by atoms with van der Waals surface area (Å²) in [5.41, 5.74) is 6.48. The van der Waals surface area contributed by atoms with Gasteiger partial charge in [0, 0.05) is 24.4 Å². The van der Waals surface area contributed by atoms with Crippen LogP contribution in [0.2, 0.25) is 0 Å². The van der Waals surface area contributed by atoms with Crippen LogP contribution in [0.1, 0.15) is 37.8 Å². The summed E-state index contributed by atoms with van der Waals surface area (Å²) in [5.74, 6) is 0. The van der Waals surface area contributed by atoms with Gasteiger partial charge < -0.3 is 16.4 Å². The van der Waals surface area contributed by atoms with Gasteiger partial charge in [-0.15, -0.1) is 11.3 Å². The maximum absolute atomic E-state index is 11.6. The molecule has 0 bridgehead atoms. The second-order valence-electron chi connectivity index (χ2n) is 4.66. The lowest BCUT2D eigenvalue weighted by molar-refractivity contribution is 0.233. The molecular weight excluding hydrogens is 248 g/mol. The summed E-state index contributed by atoms with van der Waals surface area (Å²) < 4.78 is 0. The highest BCUT2D eigenvalue weighted by Crippen LogP contribution is 2.17. The molecule has 0 unspecified atom stereocenters. The third kappa shape index (κ3) is 4.18. The van der Waals surface area contributed by atoms with Crippen LogP contribution in [-0.4, -0.2) is 23.6 Å². The van der Waals surface area contributed by atoms with Crippen molar-refractivity contribution in [1.82, 2.24) is 15.6 Å². The van der Waals surface area contributed by atoms with Gasteiger partial charge in [0.05, 0.1) is 5.69 Å². The van der Waals surface area contributed by atoms with Crippen molar-refractivity contribution in [3.8, 4) is 0 Å². The lowest BCUT2D eigenvalue weighted by Gasteiger charge is -2.22. The number of urea groups is 1. The van der Waals surface area contributed by atoms with E-state index in [1.807, 2.05) is 5.38 Å². The summed E-state index contributed by atoms with van der Waals surface area (Å²) in [5, 5.41) is 8.39. The molecule has 6 heteroatoms. The highest BCUT2D eigenvalue weighted by Gasteiger charge is 2.15. The first kappa shape index (κ1) is 13.1. The fourth-order valence-corrected chi connectivity index (χ4v) is 2.82. The molecule has 0 spiro atoms. The minimum atomic E-state index is -0.0647. The zero-order valence-corrected chi connectivity index (χ0v) is 11.3. The molecule has 1 fully saturated rings. The van der Waals surface area contributed by atoms with Crippen LogP contribution in [0.4, 0.5) is 9.93 Å². The number of nitrogens with zero attached hydrogens (tertiary/aromatic N) is 1. The Balaban J connectivity index is 1.62. The Hall–Kier alpha value is -1.30. The first-order valence-electron chi connectivity index (χ1n) is 6.48. The average Bonchev–Trinajstić information content (AvgIpc) is 2.76. The number of nitrogen functional groups attached to an aromatic ring is 1. The van der Waals surface area contributed by atoms with E-state index in [9.17, 15) is 4.79 Å². The van der Waals surface area contributed by atoms with E-state index in [1.54, 1.807) is 0 Å². The fourth-order valence-electron chi connectivity index (χ4n) is 2.22. The molecule has 1 heterocycles. The Labute approximate surface area is 111 Å². The van der Waals surface area contributed by atoms with E-state index >= 15 is 0 Å². The fraction of sp³-hybridized carbons (Fsp3) is 0.667.